The van der Waals surface area contributed by atoms with Crippen LogP contribution in [0, 0.1) is 11.3 Å². The highest BCUT2D eigenvalue weighted by molar-refractivity contribution is 5.95. The van der Waals surface area contributed by atoms with E-state index in [2.05, 4.69) is 10.2 Å². The first-order valence-electron chi connectivity index (χ1n) is 5.31. The van der Waals surface area contributed by atoms with Gasteiger partial charge in [0.05, 0.1) is 30.5 Å². The molecular formula is C13H9N3O3. The van der Waals surface area contributed by atoms with Crippen LogP contribution < -0.4 is 4.74 Å². The number of carbonyl (C=O) groups is 1. The number of carboxylic acids is 1. The van der Waals surface area contributed by atoms with E-state index in [4.69, 9.17) is 15.1 Å². The number of benzene rings is 1. The van der Waals surface area contributed by atoms with Crippen LogP contribution in [-0.2, 0) is 0 Å². The van der Waals surface area contributed by atoms with Crippen LogP contribution in [0.3, 0.4) is 0 Å². The number of hydrogen-bond donors (Lipinski definition) is 1. The third-order valence-electron chi connectivity index (χ3n) is 2.53. The predicted octanol–water partition coefficient (Wildman–Crippen LogP) is 1.72. The molecule has 2 rings (SSSR count). The maximum absolute atomic E-state index is 11.2. The van der Waals surface area contributed by atoms with Crippen LogP contribution in [0.1, 0.15) is 15.9 Å². The van der Waals surface area contributed by atoms with Gasteiger partial charge in [0.1, 0.15) is 11.4 Å². The summed E-state index contributed by atoms with van der Waals surface area (Å²) in [7, 11) is 1.46. The van der Waals surface area contributed by atoms with Gasteiger partial charge in [-0.3, -0.25) is 0 Å². The molecule has 94 valence electrons. The van der Waals surface area contributed by atoms with Crippen molar-refractivity contribution in [1.82, 2.24) is 10.2 Å². The second-order valence-corrected chi connectivity index (χ2v) is 3.63. The first-order chi connectivity index (χ1) is 9.17. The molecule has 0 saturated heterocycles. The van der Waals surface area contributed by atoms with E-state index in [-0.39, 0.29) is 11.3 Å². The summed E-state index contributed by atoms with van der Waals surface area (Å²) >= 11 is 0. The summed E-state index contributed by atoms with van der Waals surface area (Å²) in [5.41, 5.74) is 0.984. The molecule has 0 unspecified atom stereocenters. The number of rotatable bonds is 3. The molecule has 1 N–H and O–H groups in total. The van der Waals surface area contributed by atoms with Gasteiger partial charge in [0, 0.05) is 5.56 Å². The Morgan fingerprint density at radius 1 is 1.42 bits per heavy atom. The fourth-order valence-corrected chi connectivity index (χ4v) is 1.67. The minimum atomic E-state index is -1.12. The highest BCUT2D eigenvalue weighted by Crippen LogP contribution is 2.31. The third kappa shape index (κ3) is 2.35. The van der Waals surface area contributed by atoms with Crippen molar-refractivity contribution in [3.8, 4) is 23.1 Å². The van der Waals surface area contributed by atoms with Crippen molar-refractivity contribution in [3.63, 3.8) is 0 Å². The summed E-state index contributed by atoms with van der Waals surface area (Å²) in [5.74, 6) is -0.684. The molecule has 0 aliphatic carbocycles. The number of aromatic nitrogens is 2. The lowest BCUT2D eigenvalue weighted by molar-refractivity contribution is 0.0697. The van der Waals surface area contributed by atoms with E-state index in [1.165, 1.54) is 25.4 Å². The number of aromatic carboxylic acids is 1. The fourth-order valence-electron chi connectivity index (χ4n) is 1.67. The quantitative estimate of drug-likeness (QED) is 0.897. The Kier molecular flexibility index (Phi) is 3.39. The number of ether oxygens (including phenoxy) is 1. The number of nitriles is 1. The summed E-state index contributed by atoms with van der Waals surface area (Å²) in [6.07, 6.45) is 1.30. The van der Waals surface area contributed by atoms with Crippen molar-refractivity contribution in [2.75, 3.05) is 7.11 Å². The molecule has 0 radical (unpaired) electrons. The molecule has 1 aromatic carbocycles. The van der Waals surface area contributed by atoms with Crippen LogP contribution in [0.5, 0.6) is 5.75 Å². The van der Waals surface area contributed by atoms with Gasteiger partial charge in [0.15, 0.2) is 0 Å². The molecule has 1 aromatic heterocycles. The average Bonchev–Trinajstić information content (AvgIpc) is 2.46. The maximum Gasteiger partial charge on any atom is 0.338 e. The zero-order valence-electron chi connectivity index (χ0n) is 9.99. The molecule has 0 saturated carbocycles. The summed E-state index contributed by atoms with van der Waals surface area (Å²) in [6, 6.07) is 8.03. The first-order valence-corrected chi connectivity index (χ1v) is 5.31. The van der Waals surface area contributed by atoms with E-state index >= 15 is 0 Å². The van der Waals surface area contributed by atoms with Gasteiger partial charge < -0.3 is 9.84 Å². The van der Waals surface area contributed by atoms with Gasteiger partial charge in [-0.15, -0.1) is 5.10 Å². The predicted molar refractivity (Wildman–Crippen MR) is 65.7 cm³/mol. The number of hydrogen-bond acceptors (Lipinski definition) is 5. The standard InChI is InChI=1S/C13H9N3O3/c1-19-11-3-2-8(7-14)6-10(11)12-9(13(17)18)4-5-15-16-12/h2-6H,1H3,(H,17,18). The SMILES string of the molecule is COc1ccc(C#N)cc1-c1nnccc1C(=O)O. The molecule has 6 heteroatoms. The molecule has 2 aromatic rings. The van der Waals surface area contributed by atoms with Gasteiger partial charge in [0.2, 0.25) is 0 Å². The first kappa shape index (κ1) is 12.5. The topological polar surface area (TPSA) is 96.1 Å². The summed E-state index contributed by atoms with van der Waals surface area (Å²) in [6.45, 7) is 0. The van der Waals surface area contributed by atoms with E-state index in [9.17, 15) is 4.79 Å². The smallest absolute Gasteiger partial charge is 0.338 e. The minimum Gasteiger partial charge on any atom is -0.496 e. The number of nitrogens with zero attached hydrogens (tertiary/aromatic N) is 3. The third-order valence-corrected chi connectivity index (χ3v) is 2.53. The largest absolute Gasteiger partial charge is 0.496 e. The normalized spacial score (nSPS) is 9.68. The second kappa shape index (κ2) is 5.14. The summed E-state index contributed by atoms with van der Waals surface area (Å²) in [5, 5.41) is 25.6. The Hall–Kier alpha value is -2.94. The highest BCUT2D eigenvalue weighted by Gasteiger charge is 2.17. The summed E-state index contributed by atoms with van der Waals surface area (Å²) < 4.78 is 5.16. The minimum absolute atomic E-state index is 0.00314. The lowest BCUT2D eigenvalue weighted by Crippen LogP contribution is -2.03. The zero-order valence-corrected chi connectivity index (χ0v) is 9.99. The molecule has 0 fully saturated rings. The Labute approximate surface area is 108 Å². The van der Waals surface area contributed by atoms with E-state index < -0.39 is 5.97 Å². The van der Waals surface area contributed by atoms with Gasteiger partial charge in [0.25, 0.3) is 0 Å². The Bertz CT molecular complexity index is 677. The highest BCUT2D eigenvalue weighted by atomic mass is 16.5. The van der Waals surface area contributed by atoms with E-state index in [0.29, 0.717) is 16.9 Å². The van der Waals surface area contributed by atoms with Crippen molar-refractivity contribution in [1.29, 1.82) is 5.26 Å². The van der Waals surface area contributed by atoms with Crippen molar-refractivity contribution in [3.05, 3.63) is 41.6 Å². The van der Waals surface area contributed by atoms with Crippen LogP contribution in [-0.4, -0.2) is 28.4 Å². The Morgan fingerprint density at radius 2 is 2.21 bits per heavy atom. The molecular weight excluding hydrogens is 246 g/mol. The van der Waals surface area contributed by atoms with Crippen molar-refractivity contribution in [2.45, 2.75) is 0 Å². The monoisotopic (exact) mass is 255 g/mol. The van der Waals surface area contributed by atoms with Crippen molar-refractivity contribution >= 4 is 5.97 Å². The molecule has 6 nitrogen and oxygen atoms in total. The van der Waals surface area contributed by atoms with Crippen molar-refractivity contribution < 1.29 is 14.6 Å². The number of methoxy groups -OCH3 is 1. The summed E-state index contributed by atoms with van der Waals surface area (Å²) in [4.78, 5) is 11.2. The molecule has 0 amide bonds. The lowest BCUT2D eigenvalue weighted by atomic mass is 10.0. The lowest BCUT2D eigenvalue weighted by Gasteiger charge is -2.09. The van der Waals surface area contributed by atoms with Gasteiger partial charge >= 0.3 is 5.97 Å². The van der Waals surface area contributed by atoms with Crippen LogP contribution in [0.15, 0.2) is 30.5 Å². The van der Waals surface area contributed by atoms with Crippen LogP contribution in [0.2, 0.25) is 0 Å². The van der Waals surface area contributed by atoms with Crippen LogP contribution >= 0.6 is 0 Å². The molecule has 0 spiro atoms. The van der Waals surface area contributed by atoms with Crippen LogP contribution in [0.25, 0.3) is 11.3 Å². The molecule has 19 heavy (non-hydrogen) atoms. The fraction of sp³-hybridized carbons (Fsp3) is 0.0769. The van der Waals surface area contributed by atoms with Gasteiger partial charge in [-0.2, -0.15) is 10.4 Å². The maximum atomic E-state index is 11.2. The molecule has 0 aliphatic rings. The average molecular weight is 255 g/mol. The van der Waals surface area contributed by atoms with Crippen molar-refractivity contribution in [2.24, 2.45) is 0 Å². The van der Waals surface area contributed by atoms with Crippen LogP contribution in [0.4, 0.5) is 0 Å². The molecule has 0 atom stereocenters. The zero-order chi connectivity index (χ0) is 13.8. The number of carboxylic acid groups (broad SMARTS) is 1. The molecule has 0 aliphatic heterocycles. The second-order valence-electron chi connectivity index (χ2n) is 3.63. The van der Waals surface area contributed by atoms with E-state index in [0.717, 1.165) is 0 Å². The molecule has 1 heterocycles. The molecule has 0 bridgehead atoms. The van der Waals surface area contributed by atoms with E-state index in [1.54, 1.807) is 12.1 Å². The Balaban J connectivity index is 2.71. The van der Waals surface area contributed by atoms with Gasteiger partial charge in [-0.1, -0.05) is 0 Å². The van der Waals surface area contributed by atoms with E-state index in [1.807, 2.05) is 6.07 Å². The Morgan fingerprint density at radius 3 is 2.84 bits per heavy atom. The van der Waals surface area contributed by atoms with Gasteiger partial charge in [-0.25, -0.2) is 4.79 Å². The van der Waals surface area contributed by atoms with Gasteiger partial charge in [-0.05, 0) is 24.3 Å².